The summed E-state index contributed by atoms with van der Waals surface area (Å²) >= 11 is 8.69. The fraction of sp³-hybridized carbons (Fsp3) is 0.364. The maximum absolute atomic E-state index is 12.1. The van der Waals surface area contributed by atoms with Crippen LogP contribution in [0.2, 0.25) is 0 Å². The van der Waals surface area contributed by atoms with Crippen molar-refractivity contribution in [2.45, 2.75) is 17.0 Å². The van der Waals surface area contributed by atoms with Crippen LogP contribution in [0.3, 0.4) is 0 Å². The van der Waals surface area contributed by atoms with Gasteiger partial charge in [0.15, 0.2) is 9.84 Å². The first-order chi connectivity index (χ1) is 7.74. The van der Waals surface area contributed by atoms with Crippen LogP contribution in [0.5, 0.6) is 0 Å². The van der Waals surface area contributed by atoms with E-state index in [-0.39, 0.29) is 5.75 Å². The monoisotopic (exact) mass is 338 g/mol. The first-order valence-electron chi connectivity index (χ1n) is 4.94. The highest BCUT2D eigenvalue weighted by Gasteiger charge is 2.46. The zero-order chi connectivity index (χ0) is 13.3. The number of halogens is 2. The van der Waals surface area contributed by atoms with Gasteiger partial charge >= 0.3 is 0 Å². The Kier molecular flexibility index (Phi) is 4.38. The van der Waals surface area contributed by atoms with Crippen molar-refractivity contribution in [3.8, 4) is 0 Å². The Morgan fingerprint density at radius 3 is 2.41 bits per heavy atom. The van der Waals surface area contributed by atoms with E-state index < -0.39 is 18.7 Å². The highest BCUT2D eigenvalue weighted by Crippen LogP contribution is 2.35. The number of Topliss-reactive ketones (excluding diaryl/α,β-unsaturated/α-hetero) is 1. The molecule has 0 aliphatic rings. The van der Waals surface area contributed by atoms with Crippen molar-refractivity contribution in [2.75, 3.05) is 5.75 Å². The third kappa shape index (κ3) is 2.72. The number of ketones is 1. The number of aryl methyl sites for hydroxylation is 1. The first-order valence-corrected chi connectivity index (χ1v) is 7.77. The molecule has 1 aromatic rings. The third-order valence-corrected chi connectivity index (χ3v) is 6.87. The Morgan fingerprint density at radius 1 is 1.41 bits per heavy atom. The molecule has 0 aliphatic heterocycles. The minimum absolute atomic E-state index is 0.209. The predicted molar refractivity (Wildman–Crippen MR) is 72.5 cm³/mol. The average Bonchev–Trinajstić information content (AvgIpc) is 2.28. The molecule has 0 spiro atoms. The summed E-state index contributed by atoms with van der Waals surface area (Å²) in [6.07, 6.45) is 0. The van der Waals surface area contributed by atoms with E-state index in [2.05, 4.69) is 15.9 Å². The average molecular weight is 340 g/mol. The van der Waals surface area contributed by atoms with Crippen LogP contribution in [-0.2, 0) is 9.84 Å². The minimum Gasteiger partial charge on any atom is -0.290 e. The first kappa shape index (κ1) is 14.7. The number of sulfone groups is 1. The summed E-state index contributed by atoms with van der Waals surface area (Å²) in [6, 6.07) is 6.72. The lowest BCUT2D eigenvalue weighted by Crippen LogP contribution is -2.36. The van der Waals surface area contributed by atoms with Crippen LogP contribution >= 0.6 is 27.5 Å². The maximum Gasteiger partial charge on any atom is 0.261 e. The van der Waals surface area contributed by atoms with E-state index in [1.807, 2.05) is 0 Å². The number of carbonyl (C=O) groups excluding carboxylic acids is 1. The number of rotatable bonds is 4. The van der Waals surface area contributed by atoms with E-state index in [9.17, 15) is 13.2 Å². The highest BCUT2D eigenvalue weighted by atomic mass is 79.9. The number of hydrogen-bond acceptors (Lipinski definition) is 3. The Labute approximate surface area is 114 Å². The molecule has 0 saturated carbocycles. The highest BCUT2D eigenvalue weighted by molar-refractivity contribution is 9.12. The summed E-state index contributed by atoms with van der Waals surface area (Å²) < 4.78 is 21.4. The van der Waals surface area contributed by atoms with Crippen LogP contribution in [0.4, 0.5) is 0 Å². The van der Waals surface area contributed by atoms with Gasteiger partial charge in [0.2, 0.25) is 5.78 Å². The molecule has 3 nitrogen and oxygen atoms in total. The van der Waals surface area contributed by atoms with Gasteiger partial charge in [-0.15, -0.1) is 0 Å². The van der Waals surface area contributed by atoms with E-state index in [1.54, 1.807) is 31.2 Å². The Hall–Kier alpha value is -0.390. The molecule has 0 fully saturated rings. The molecule has 0 saturated heterocycles. The van der Waals surface area contributed by atoms with Gasteiger partial charge in [0, 0.05) is 5.56 Å². The number of hydrogen-bond donors (Lipinski definition) is 0. The molecule has 0 radical (unpaired) electrons. The van der Waals surface area contributed by atoms with Crippen molar-refractivity contribution in [1.29, 1.82) is 0 Å². The molecule has 0 aliphatic carbocycles. The van der Waals surface area contributed by atoms with Crippen molar-refractivity contribution in [2.24, 2.45) is 0 Å². The molecule has 0 bridgehead atoms. The molecular weight excluding hydrogens is 328 g/mol. The standard InChI is InChI=1S/C11H12BrClO3S/c1-3-17(15,16)11(12,13)10(14)9-7-5-4-6-8(9)2/h4-7H,3H2,1-2H3/t11-/m1/s1. The zero-order valence-electron chi connectivity index (χ0n) is 9.41. The van der Waals surface area contributed by atoms with Gasteiger partial charge in [0.25, 0.3) is 3.12 Å². The van der Waals surface area contributed by atoms with Gasteiger partial charge in [0.05, 0.1) is 5.75 Å². The molecule has 6 heteroatoms. The molecule has 0 heterocycles. The van der Waals surface area contributed by atoms with Crippen molar-refractivity contribution in [1.82, 2.24) is 0 Å². The van der Waals surface area contributed by atoms with Gasteiger partial charge in [-0.05, 0) is 28.4 Å². The lowest BCUT2D eigenvalue weighted by Gasteiger charge is -2.19. The lowest BCUT2D eigenvalue weighted by molar-refractivity contribution is 0.0999. The van der Waals surface area contributed by atoms with Gasteiger partial charge in [-0.1, -0.05) is 42.8 Å². The fourth-order valence-corrected chi connectivity index (χ4v) is 3.39. The Balaban J connectivity index is 3.28. The van der Waals surface area contributed by atoms with E-state index in [1.165, 1.54) is 6.92 Å². The van der Waals surface area contributed by atoms with Gasteiger partial charge in [-0.2, -0.15) is 0 Å². The SMILES string of the molecule is CCS(=O)(=O)[C@@](Cl)(Br)C(=O)c1ccccc1C. The normalized spacial score (nSPS) is 15.3. The van der Waals surface area contributed by atoms with Crippen LogP contribution < -0.4 is 0 Å². The summed E-state index contributed by atoms with van der Waals surface area (Å²) in [7, 11) is -3.73. The van der Waals surface area contributed by atoms with Crippen LogP contribution in [0.1, 0.15) is 22.8 Å². The molecule has 1 rings (SSSR count). The van der Waals surface area contributed by atoms with Crippen LogP contribution in [0, 0.1) is 6.92 Å². The smallest absolute Gasteiger partial charge is 0.261 e. The van der Waals surface area contributed by atoms with E-state index >= 15 is 0 Å². The summed E-state index contributed by atoms with van der Waals surface area (Å²) in [5.41, 5.74) is 0.990. The molecule has 1 aromatic carbocycles. The zero-order valence-corrected chi connectivity index (χ0v) is 12.6. The fourth-order valence-electron chi connectivity index (χ4n) is 1.31. The van der Waals surface area contributed by atoms with Gasteiger partial charge in [-0.3, -0.25) is 4.79 Å². The van der Waals surface area contributed by atoms with Crippen LogP contribution in [0.25, 0.3) is 0 Å². The second kappa shape index (κ2) is 5.08. The summed E-state index contributed by atoms with van der Waals surface area (Å²) in [5, 5.41) is 0. The third-order valence-electron chi connectivity index (χ3n) is 2.42. The predicted octanol–water partition coefficient (Wildman–Crippen LogP) is 2.90. The van der Waals surface area contributed by atoms with Crippen molar-refractivity contribution in [3.05, 3.63) is 35.4 Å². The molecule has 94 valence electrons. The largest absolute Gasteiger partial charge is 0.290 e. The number of benzene rings is 1. The van der Waals surface area contributed by atoms with Crippen molar-refractivity contribution >= 4 is 43.2 Å². The van der Waals surface area contributed by atoms with Gasteiger partial charge in [0.1, 0.15) is 0 Å². The topological polar surface area (TPSA) is 51.2 Å². The second-order valence-electron chi connectivity index (χ2n) is 3.56. The minimum atomic E-state index is -3.73. The quantitative estimate of drug-likeness (QED) is 0.626. The van der Waals surface area contributed by atoms with Crippen molar-refractivity contribution < 1.29 is 13.2 Å². The van der Waals surface area contributed by atoms with E-state index in [0.717, 1.165) is 0 Å². The Morgan fingerprint density at radius 2 is 1.94 bits per heavy atom. The molecule has 1 atom stereocenters. The molecule has 0 N–H and O–H groups in total. The number of alkyl halides is 2. The molecule has 17 heavy (non-hydrogen) atoms. The molecule has 0 aromatic heterocycles. The van der Waals surface area contributed by atoms with Crippen molar-refractivity contribution in [3.63, 3.8) is 0 Å². The number of carbonyl (C=O) groups is 1. The summed E-state index contributed by atoms with van der Waals surface area (Å²) in [4.78, 5) is 12.1. The van der Waals surface area contributed by atoms with Crippen LogP contribution in [0.15, 0.2) is 24.3 Å². The second-order valence-corrected chi connectivity index (χ2v) is 8.95. The lowest BCUT2D eigenvalue weighted by atomic mass is 10.1. The van der Waals surface area contributed by atoms with Gasteiger partial charge in [-0.25, -0.2) is 8.42 Å². The van der Waals surface area contributed by atoms with Gasteiger partial charge < -0.3 is 0 Å². The summed E-state index contributed by atoms with van der Waals surface area (Å²) in [6.45, 7) is 3.17. The van der Waals surface area contributed by atoms with E-state index in [4.69, 9.17) is 11.6 Å². The molecule has 0 amide bonds. The summed E-state index contributed by atoms with van der Waals surface area (Å²) in [5.74, 6) is -0.863. The van der Waals surface area contributed by atoms with E-state index in [0.29, 0.717) is 11.1 Å². The Bertz CT molecular complexity index is 537. The maximum atomic E-state index is 12.1. The molecular formula is C11H12BrClO3S. The van der Waals surface area contributed by atoms with Crippen LogP contribution in [-0.4, -0.2) is 23.1 Å². The molecule has 0 unspecified atom stereocenters.